The van der Waals surface area contributed by atoms with Crippen LogP contribution in [0.15, 0.2) is 59.6 Å². The number of thioether (sulfide) groups is 1. The molecule has 2 aromatic rings. The van der Waals surface area contributed by atoms with E-state index >= 15 is 0 Å². The van der Waals surface area contributed by atoms with Gasteiger partial charge in [-0.1, -0.05) is 49.4 Å². The van der Waals surface area contributed by atoms with Crippen molar-refractivity contribution in [1.29, 1.82) is 0 Å². The molecule has 11 nitrogen and oxygen atoms in total. The number of carbonyl (C=O) groups is 3. The minimum absolute atomic E-state index is 0.130. The van der Waals surface area contributed by atoms with Gasteiger partial charge in [-0.15, -0.1) is 11.8 Å². The van der Waals surface area contributed by atoms with Crippen molar-refractivity contribution >= 4 is 50.6 Å². The third-order valence-electron chi connectivity index (χ3n) is 5.93. The molecule has 0 radical (unpaired) electrons. The lowest BCUT2D eigenvalue weighted by Gasteiger charge is -2.24. The number of anilines is 1. The van der Waals surface area contributed by atoms with Gasteiger partial charge in [0, 0.05) is 12.2 Å². The minimum Gasteiger partial charge on any atom is -0.469 e. The zero-order valence-corrected chi connectivity index (χ0v) is 23.3. The fourth-order valence-electron chi connectivity index (χ4n) is 3.91. The Hall–Kier alpha value is -3.42. The molecule has 2 amide bonds. The van der Waals surface area contributed by atoms with Gasteiger partial charge in [-0.25, -0.2) is 0 Å². The van der Waals surface area contributed by atoms with Crippen LogP contribution in [0.4, 0.5) is 5.69 Å². The fourth-order valence-corrected chi connectivity index (χ4v) is 5.58. The molecule has 0 saturated heterocycles. The second-order valence-electron chi connectivity index (χ2n) is 8.94. The maximum atomic E-state index is 13.5. The first-order chi connectivity index (χ1) is 18.6. The molecule has 1 heterocycles. The highest BCUT2D eigenvalue weighted by atomic mass is 32.2. The summed E-state index contributed by atoms with van der Waals surface area (Å²) in [4.78, 5) is 42.4. The van der Waals surface area contributed by atoms with Crippen LogP contribution in [-0.4, -0.2) is 66.8 Å². The van der Waals surface area contributed by atoms with Crippen LogP contribution in [0.25, 0.3) is 0 Å². The van der Waals surface area contributed by atoms with Crippen molar-refractivity contribution in [1.82, 2.24) is 10.6 Å². The molecule has 210 valence electrons. The Morgan fingerprint density at radius 2 is 1.72 bits per heavy atom. The molecule has 0 saturated carbocycles. The summed E-state index contributed by atoms with van der Waals surface area (Å²) >= 11 is 1.56. The lowest BCUT2D eigenvalue weighted by molar-refractivity contribution is -0.144. The number of carbonyl (C=O) groups excluding carboxylic acids is 3. The summed E-state index contributed by atoms with van der Waals surface area (Å²) in [6.45, 7) is 2.04. The maximum Gasteiger partial charge on any atom is 0.357 e. The summed E-state index contributed by atoms with van der Waals surface area (Å²) in [6.07, 6.45) is 0.907. The standard InChI is InChI=1S/C26H32N4O7S2/c1-3-19-16-38-26(27-19)22(14-18-9-11-20(12-10-18)30-39(34,35)36)29-25(33)21(13-17-7-5-4-6-8-17)28-23(31)15-24(32)37-2/h4-12,19,21-22,30H,3,13-16H2,1-2H3,(H,28,31)(H,29,33)(H,34,35,36)/t19?,21-,22-/m0/s1. The lowest BCUT2D eigenvalue weighted by Crippen LogP contribution is -2.52. The van der Waals surface area contributed by atoms with E-state index in [4.69, 9.17) is 9.55 Å². The Bertz CT molecular complexity index is 1290. The van der Waals surface area contributed by atoms with E-state index in [1.165, 1.54) is 19.2 Å². The van der Waals surface area contributed by atoms with E-state index < -0.39 is 46.6 Å². The highest BCUT2D eigenvalue weighted by molar-refractivity contribution is 8.14. The van der Waals surface area contributed by atoms with Crippen LogP contribution in [0.3, 0.4) is 0 Å². The third-order valence-corrected chi connectivity index (χ3v) is 7.66. The van der Waals surface area contributed by atoms with Gasteiger partial charge < -0.3 is 15.4 Å². The summed E-state index contributed by atoms with van der Waals surface area (Å²) < 4.78 is 37.7. The van der Waals surface area contributed by atoms with Gasteiger partial charge >= 0.3 is 16.3 Å². The summed E-state index contributed by atoms with van der Waals surface area (Å²) in [5.74, 6) is -0.984. The number of benzene rings is 2. The average molecular weight is 577 g/mol. The zero-order chi connectivity index (χ0) is 28.4. The number of nitrogens with zero attached hydrogens (tertiary/aromatic N) is 1. The normalized spacial score (nSPS) is 16.5. The molecular weight excluding hydrogens is 544 g/mol. The van der Waals surface area contributed by atoms with Crippen LogP contribution in [-0.2, 0) is 42.3 Å². The van der Waals surface area contributed by atoms with E-state index in [1.54, 1.807) is 23.9 Å². The molecule has 2 aromatic carbocycles. The van der Waals surface area contributed by atoms with Gasteiger partial charge in [0.05, 0.1) is 29.9 Å². The zero-order valence-electron chi connectivity index (χ0n) is 21.6. The predicted molar refractivity (Wildman–Crippen MR) is 150 cm³/mol. The van der Waals surface area contributed by atoms with Gasteiger partial charge in [-0.2, -0.15) is 8.42 Å². The molecule has 0 bridgehead atoms. The van der Waals surface area contributed by atoms with Crippen LogP contribution < -0.4 is 15.4 Å². The first-order valence-corrected chi connectivity index (χ1v) is 14.7. The van der Waals surface area contributed by atoms with Crippen molar-refractivity contribution in [2.24, 2.45) is 4.99 Å². The Balaban J connectivity index is 1.81. The number of ether oxygens (including phenoxy) is 1. The third kappa shape index (κ3) is 10.0. The fraction of sp³-hybridized carbons (Fsp3) is 0.385. The van der Waals surface area contributed by atoms with Gasteiger partial charge in [0.2, 0.25) is 11.8 Å². The first kappa shape index (κ1) is 30.1. The Morgan fingerprint density at radius 1 is 1.05 bits per heavy atom. The first-order valence-electron chi connectivity index (χ1n) is 12.3. The number of hydrogen-bond donors (Lipinski definition) is 4. The molecular formula is C26H32N4O7S2. The van der Waals surface area contributed by atoms with Crippen molar-refractivity contribution in [3.63, 3.8) is 0 Å². The van der Waals surface area contributed by atoms with Crippen LogP contribution in [0.5, 0.6) is 0 Å². The van der Waals surface area contributed by atoms with Crippen molar-refractivity contribution in [2.45, 2.75) is 50.7 Å². The summed E-state index contributed by atoms with van der Waals surface area (Å²) in [6, 6.07) is 14.2. The SMILES string of the molecule is CCC1CSC([C@H](Cc2ccc(NS(=O)(=O)O)cc2)NC(=O)[C@H](Cc2ccccc2)NC(=O)CC(=O)OC)=N1. The topological polar surface area (TPSA) is 163 Å². The van der Waals surface area contributed by atoms with Crippen LogP contribution >= 0.6 is 11.8 Å². The Kier molecular flexibility index (Phi) is 10.9. The van der Waals surface area contributed by atoms with Gasteiger partial charge in [0.25, 0.3) is 0 Å². The molecule has 0 aliphatic carbocycles. The minimum atomic E-state index is -4.40. The summed E-state index contributed by atoms with van der Waals surface area (Å²) in [5.41, 5.74) is 1.81. The van der Waals surface area contributed by atoms with E-state index in [9.17, 15) is 22.8 Å². The molecule has 3 atom stereocenters. The molecule has 1 unspecified atom stereocenters. The molecule has 0 aromatic heterocycles. The number of aliphatic imine (C=N–C) groups is 1. The predicted octanol–water partition coefficient (Wildman–Crippen LogP) is 2.14. The average Bonchev–Trinajstić information content (AvgIpc) is 3.38. The summed E-state index contributed by atoms with van der Waals surface area (Å²) in [5, 5.41) is 6.44. The molecule has 0 fully saturated rings. The highest BCUT2D eigenvalue weighted by Crippen LogP contribution is 2.24. The monoisotopic (exact) mass is 576 g/mol. The van der Waals surface area contributed by atoms with Crippen LogP contribution in [0.2, 0.25) is 0 Å². The number of methoxy groups -OCH3 is 1. The number of hydrogen-bond acceptors (Lipinski definition) is 8. The van der Waals surface area contributed by atoms with Crippen molar-refractivity contribution in [3.05, 3.63) is 65.7 Å². The molecule has 4 N–H and O–H groups in total. The smallest absolute Gasteiger partial charge is 0.357 e. The van der Waals surface area contributed by atoms with E-state index in [1.807, 2.05) is 42.0 Å². The van der Waals surface area contributed by atoms with E-state index in [0.717, 1.165) is 28.3 Å². The lowest BCUT2D eigenvalue weighted by atomic mass is 10.0. The Morgan fingerprint density at radius 3 is 2.31 bits per heavy atom. The van der Waals surface area contributed by atoms with Crippen molar-refractivity contribution in [3.8, 4) is 0 Å². The van der Waals surface area contributed by atoms with Crippen molar-refractivity contribution < 1.29 is 32.1 Å². The molecule has 1 aliphatic heterocycles. The Labute approximate surface area is 232 Å². The number of nitrogens with one attached hydrogen (secondary N) is 3. The van der Waals surface area contributed by atoms with E-state index in [2.05, 4.69) is 15.4 Å². The van der Waals surface area contributed by atoms with E-state index in [0.29, 0.717) is 6.42 Å². The van der Waals surface area contributed by atoms with Crippen molar-refractivity contribution in [2.75, 3.05) is 17.6 Å². The van der Waals surface area contributed by atoms with Gasteiger partial charge in [-0.05, 0) is 36.1 Å². The molecule has 39 heavy (non-hydrogen) atoms. The molecule has 3 rings (SSSR count). The van der Waals surface area contributed by atoms with E-state index in [-0.39, 0.29) is 18.2 Å². The largest absolute Gasteiger partial charge is 0.469 e. The second kappa shape index (κ2) is 14.1. The molecule has 13 heteroatoms. The van der Waals surface area contributed by atoms with Gasteiger partial charge in [-0.3, -0.25) is 28.7 Å². The van der Waals surface area contributed by atoms with Crippen LogP contribution in [0.1, 0.15) is 30.9 Å². The van der Waals surface area contributed by atoms with Gasteiger partial charge in [0.15, 0.2) is 0 Å². The molecule has 1 aliphatic rings. The van der Waals surface area contributed by atoms with Crippen LogP contribution in [0, 0.1) is 0 Å². The highest BCUT2D eigenvalue weighted by Gasteiger charge is 2.30. The second-order valence-corrected chi connectivity index (χ2v) is 11.1. The summed E-state index contributed by atoms with van der Waals surface area (Å²) in [7, 11) is -3.22. The quantitative estimate of drug-likeness (QED) is 0.160. The number of amides is 2. The number of esters is 1. The maximum absolute atomic E-state index is 13.5. The number of rotatable bonds is 13. The van der Waals surface area contributed by atoms with Gasteiger partial charge in [0.1, 0.15) is 12.5 Å². The molecule has 0 spiro atoms.